The van der Waals surface area contributed by atoms with E-state index in [1.54, 1.807) is 0 Å². The number of aromatic nitrogens is 1. The van der Waals surface area contributed by atoms with Gasteiger partial charge in [-0.15, -0.1) is 0 Å². The molecule has 3 N–H and O–H groups in total. The Morgan fingerprint density at radius 3 is 2.50 bits per heavy atom. The molecule has 0 fully saturated rings. The van der Waals surface area contributed by atoms with Gasteiger partial charge in [0.15, 0.2) is 0 Å². The molecule has 1 unspecified atom stereocenters. The van der Waals surface area contributed by atoms with Gasteiger partial charge < -0.3 is 0 Å². The maximum Gasteiger partial charge on any atom is 0.0419 e. The fourth-order valence-electron chi connectivity index (χ4n) is 1.87. The van der Waals surface area contributed by atoms with Crippen molar-refractivity contribution in [1.82, 2.24) is 10.4 Å². The summed E-state index contributed by atoms with van der Waals surface area (Å²) in [6, 6.07) is 14.4. The van der Waals surface area contributed by atoms with E-state index in [1.807, 2.05) is 36.5 Å². The number of pyridine rings is 1. The lowest BCUT2D eigenvalue weighted by atomic mass is 10.0. The van der Waals surface area contributed by atoms with Crippen LogP contribution in [0.25, 0.3) is 0 Å². The zero-order chi connectivity index (χ0) is 12.8. The van der Waals surface area contributed by atoms with Crippen LogP contribution in [0.1, 0.15) is 11.3 Å². The number of halogens is 1. The molecule has 2 rings (SSSR count). The maximum absolute atomic E-state index is 5.61. The van der Waals surface area contributed by atoms with Crippen LogP contribution < -0.4 is 11.3 Å². The third kappa shape index (κ3) is 3.91. The van der Waals surface area contributed by atoms with Crippen LogP contribution in [-0.2, 0) is 12.8 Å². The predicted octanol–water partition coefficient (Wildman–Crippen LogP) is 2.46. The summed E-state index contributed by atoms with van der Waals surface area (Å²) in [7, 11) is 0. The van der Waals surface area contributed by atoms with Crippen molar-refractivity contribution < 1.29 is 0 Å². The van der Waals surface area contributed by atoms with Gasteiger partial charge in [-0.3, -0.25) is 16.3 Å². The lowest BCUT2D eigenvalue weighted by Crippen LogP contribution is -2.38. The lowest BCUT2D eigenvalue weighted by molar-refractivity contribution is 0.517. The zero-order valence-electron chi connectivity index (χ0n) is 10.0. The minimum Gasteiger partial charge on any atom is -0.271 e. The van der Waals surface area contributed by atoms with E-state index in [0.717, 1.165) is 23.0 Å². The molecule has 0 saturated heterocycles. The van der Waals surface area contributed by atoms with Crippen LogP contribution in [-0.4, -0.2) is 11.0 Å². The van der Waals surface area contributed by atoms with Crippen molar-refractivity contribution in [3.63, 3.8) is 0 Å². The van der Waals surface area contributed by atoms with E-state index in [4.69, 9.17) is 5.84 Å². The first-order chi connectivity index (χ1) is 8.78. The van der Waals surface area contributed by atoms with Crippen molar-refractivity contribution in [3.05, 3.63) is 64.4 Å². The van der Waals surface area contributed by atoms with Gasteiger partial charge in [-0.1, -0.05) is 34.1 Å². The smallest absolute Gasteiger partial charge is 0.0419 e. The standard InChI is InChI=1S/C14H16BrN3/c15-12-6-4-11(5-7-12)9-14(18-16)10-13-3-1-2-8-17-13/h1-8,14,18H,9-10,16H2. The van der Waals surface area contributed by atoms with E-state index < -0.39 is 0 Å². The zero-order valence-corrected chi connectivity index (χ0v) is 11.6. The largest absolute Gasteiger partial charge is 0.271 e. The van der Waals surface area contributed by atoms with Crippen LogP contribution in [0.5, 0.6) is 0 Å². The molecule has 0 aliphatic carbocycles. The monoisotopic (exact) mass is 305 g/mol. The third-order valence-electron chi connectivity index (χ3n) is 2.81. The summed E-state index contributed by atoms with van der Waals surface area (Å²) in [6.07, 6.45) is 3.52. The minimum absolute atomic E-state index is 0.195. The number of nitrogens with one attached hydrogen (secondary N) is 1. The topological polar surface area (TPSA) is 50.9 Å². The average molecular weight is 306 g/mol. The van der Waals surface area contributed by atoms with Crippen molar-refractivity contribution >= 4 is 15.9 Å². The Morgan fingerprint density at radius 1 is 1.11 bits per heavy atom. The highest BCUT2D eigenvalue weighted by Gasteiger charge is 2.09. The van der Waals surface area contributed by atoms with Crippen molar-refractivity contribution in [2.45, 2.75) is 18.9 Å². The number of hydrogen-bond acceptors (Lipinski definition) is 3. The number of rotatable bonds is 5. The highest BCUT2D eigenvalue weighted by Crippen LogP contribution is 2.13. The number of hydrazine groups is 1. The summed E-state index contributed by atoms with van der Waals surface area (Å²) in [4.78, 5) is 4.32. The van der Waals surface area contributed by atoms with E-state index in [0.29, 0.717) is 0 Å². The first kappa shape index (κ1) is 13.2. The molecule has 0 aliphatic heterocycles. The molecule has 1 aromatic carbocycles. The Balaban J connectivity index is 1.99. The lowest BCUT2D eigenvalue weighted by Gasteiger charge is -2.15. The van der Waals surface area contributed by atoms with Gasteiger partial charge in [0, 0.05) is 28.8 Å². The summed E-state index contributed by atoms with van der Waals surface area (Å²) < 4.78 is 1.09. The quantitative estimate of drug-likeness (QED) is 0.659. The highest BCUT2D eigenvalue weighted by molar-refractivity contribution is 9.10. The minimum atomic E-state index is 0.195. The Bertz CT molecular complexity index is 470. The molecular formula is C14H16BrN3. The molecule has 1 heterocycles. The Hall–Kier alpha value is -1.23. The molecule has 2 aromatic rings. The second-order valence-corrected chi connectivity index (χ2v) is 5.14. The van der Waals surface area contributed by atoms with Crippen LogP contribution in [0.15, 0.2) is 53.1 Å². The van der Waals surface area contributed by atoms with Crippen molar-refractivity contribution in [1.29, 1.82) is 0 Å². The van der Waals surface area contributed by atoms with Gasteiger partial charge in [0.1, 0.15) is 0 Å². The second-order valence-electron chi connectivity index (χ2n) is 4.22. The summed E-state index contributed by atoms with van der Waals surface area (Å²) in [5.74, 6) is 5.61. The molecule has 4 heteroatoms. The van der Waals surface area contributed by atoms with E-state index in [1.165, 1.54) is 5.56 Å². The van der Waals surface area contributed by atoms with Crippen LogP contribution in [0, 0.1) is 0 Å². The van der Waals surface area contributed by atoms with Crippen LogP contribution in [0.2, 0.25) is 0 Å². The Morgan fingerprint density at radius 2 is 1.89 bits per heavy atom. The molecule has 18 heavy (non-hydrogen) atoms. The molecule has 0 spiro atoms. The van der Waals surface area contributed by atoms with Gasteiger partial charge in [0.05, 0.1) is 0 Å². The van der Waals surface area contributed by atoms with Gasteiger partial charge in [-0.2, -0.15) is 0 Å². The van der Waals surface area contributed by atoms with Gasteiger partial charge in [-0.25, -0.2) is 0 Å². The van der Waals surface area contributed by atoms with Crippen LogP contribution in [0.4, 0.5) is 0 Å². The predicted molar refractivity (Wildman–Crippen MR) is 76.9 cm³/mol. The molecule has 94 valence electrons. The average Bonchev–Trinajstić information content (AvgIpc) is 2.41. The third-order valence-corrected chi connectivity index (χ3v) is 3.34. The second kappa shape index (κ2) is 6.64. The van der Waals surface area contributed by atoms with Crippen molar-refractivity contribution in [2.24, 2.45) is 5.84 Å². The van der Waals surface area contributed by atoms with E-state index in [9.17, 15) is 0 Å². The first-order valence-corrected chi connectivity index (χ1v) is 6.67. The van der Waals surface area contributed by atoms with Gasteiger partial charge >= 0.3 is 0 Å². The highest BCUT2D eigenvalue weighted by atomic mass is 79.9. The van der Waals surface area contributed by atoms with Crippen LogP contribution >= 0.6 is 15.9 Å². The van der Waals surface area contributed by atoms with E-state index >= 15 is 0 Å². The molecule has 1 atom stereocenters. The normalized spacial score (nSPS) is 12.3. The fraction of sp³-hybridized carbons (Fsp3) is 0.214. The summed E-state index contributed by atoms with van der Waals surface area (Å²) in [6.45, 7) is 0. The number of nitrogens with zero attached hydrogens (tertiary/aromatic N) is 1. The number of benzene rings is 1. The van der Waals surface area contributed by atoms with Crippen LogP contribution in [0.3, 0.4) is 0 Å². The SMILES string of the molecule is NNC(Cc1ccc(Br)cc1)Cc1ccccn1. The molecule has 0 saturated carbocycles. The van der Waals surface area contributed by atoms with Gasteiger partial charge in [0.2, 0.25) is 0 Å². The maximum atomic E-state index is 5.61. The van der Waals surface area contributed by atoms with Crippen molar-refractivity contribution in [2.75, 3.05) is 0 Å². The molecule has 0 bridgehead atoms. The first-order valence-electron chi connectivity index (χ1n) is 5.88. The van der Waals surface area contributed by atoms with Gasteiger partial charge in [-0.05, 0) is 36.2 Å². The van der Waals surface area contributed by atoms with Gasteiger partial charge in [0.25, 0.3) is 0 Å². The molecule has 1 aromatic heterocycles. The molecule has 0 amide bonds. The number of nitrogens with two attached hydrogens (primary N) is 1. The summed E-state index contributed by atoms with van der Waals surface area (Å²) in [5.41, 5.74) is 5.18. The van der Waals surface area contributed by atoms with Crippen molar-refractivity contribution in [3.8, 4) is 0 Å². The summed E-state index contributed by atoms with van der Waals surface area (Å²) >= 11 is 3.43. The molecule has 3 nitrogen and oxygen atoms in total. The van der Waals surface area contributed by atoms with E-state index in [-0.39, 0.29) is 6.04 Å². The fourth-order valence-corrected chi connectivity index (χ4v) is 2.13. The molecule has 0 radical (unpaired) electrons. The number of hydrogen-bond donors (Lipinski definition) is 2. The Kier molecular flexibility index (Phi) is 4.87. The Labute approximate surface area is 116 Å². The van der Waals surface area contributed by atoms with E-state index in [2.05, 4.69) is 38.5 Å². The molecular weight excluding hydrogens is 290 g/mol. The summed E-state index contributed by atoms with van der Waals surface area (Å²) in [5, 5.41) is 0. The molecule has 0 aliphatic rings.